The second-order valence-corrected chi connectivity index (χ2v) is 24.8. The maximum atomic E-state index is 6.51. The van der Waals surface area contributed by atoms with E-state index in [9.17, 15) is 0 Å². The van der Waals surface area contributed by atoms with Crippen LogP contribution in [0.15, 0.2) is 91.1 Å². The van der Waals surface area contributed by atoms with Gasteiger partial charge in [0, 0.05) is 0 Å². The maximum absolute atomic E-state index is 6.51. The van der Waals surface area contributed by atoms with Gasteiger partial charge in [-0.15, -0.1) is 0 Å². The summed E-state index contributed by atoms with van der Waals surface area (Å²) < 4.78 is 7.88. The molecule has 0 saturated heterocycles. The van der Waals surface area contributed by atoms with E-state index in [0.29, 0.717) is 5.88 Å². The van der Waals surface area contributed by atoms with E-state index >= 15 is 0 Å². The summed E-state index contributed by atoms with van der Waals surface area (Å²) in [4.78, 5) is 9.74. The zero-order valence-electron chi connectivity index (χ0n) is 26.0. The monoisotopic (exact) mass is 604 g/mol. The first-order valence-corrected chi connectivity index (χ1v) is 21.8. The van der Waals surface area contributed by atoms with Crippen molar-refractivity contribution in [1.29, 1.82) is 0 Å². The van der Waals surface area contributed by atoms with Gasteiger partial charge in [0.05, 0.1) is 0 Å². The molecule has 0 fully saturated rings. The molecule has 0 atom stereocenters. The molecule has 210 valence electrons. The molecule has 0 amide bonds. The molecule has 0 aliphatic carbocycles. The molecule has 3 aromatic carbocycles. The number of aromatic nitrogens is 2. The van der Waals surface area contributed by atoms with Crippen LogP contribution in [-0.2, 0) is 10.8 Å². The Morgan fingerprint density at radius 1 is 0.659 bits per heavy atom. The Kier molecular flexibility index (Phi) is 7.63. The molecule has 0 N–H and O–H groups in total. The number of hydrogen-bond acceptors (Lipinski definition) is 3. The van der Waals surface area contributed by atoms with Crippen molar-refractivity contribution in [2.24, 2.45) is 0 Å². The topological polar surface area (TPSA) is 35.0 Å². The summed E-state index contributed by atoms with van der Waals surface area (Å²) in [6.07, 6.45) is 1.89. The van der Waals surface area contributed by atoms with Gasteiger partial charge in [0.15, 0.2) is 0 Å². The van der Waals surface area contributed by atoms with Crippen molar-refractivity contribution in [2.45, 2.75) is 69.6 Å². The van der Waals surface area contributed by atoms with Gasteiger partial charge in [-0.2, -0.15) is 0 Å². The summed E-state index contributed by atoms with van der Waals surface area (Å²) in [6, 6.07) is 30.1. The van der Waals surface area contributed by atoms with Crippen molar-refractivity contribution in [2.75, 3.05) is 0 Å². The van der Waals surface area contributed by atoms with Crippen LogP contribution < -0.4 is 9.13 Å². The molecular weight excluding hydrogens is 561 g/mol. The molecule has 4 heteroatoms. The van der Waals surface area contributed by atoms with Gasteiger partial charge in [0.25, 0.3) is 0 Å². The Hall–Kier alpha value is -3.44. The summed E-state index contributed by atoms with van der Waals surface area (Å²) in [6.45, 7) is 13.5. The van der Waals surface area contributed by atoms with Crippen molar-refractivity contribution in [3.05, 3.63) is 102 Å². The van der Waals surface area contributed by atoms with Crippen LogP contribution in [0, 0.1) is 0 Å². The molecule has 3 nitrogen and oxygen atoms in total. The zero-order valence-corrected chi connectivity index (χ0v) is 28.1. The van der Waals surface area contributed by atoms with Crippen LogP contribution in [0.2, 0.25) is 17.3 Å². The van der Waals surface area contributed by atoms with E-state index in [0.717, 1.165) is 28.3 Å². The summed E-state index contributed by atoms with van der Waals surface area (Å²) >= 11 is -2.23. The average Bonchev–Trinajstić information content (AvgIpc) is 2.91. The van der Waals surface area contributed by atoms with Crippen LogP contribution in [0.25, 0.3) is 33.3 Å². The number of fused-ring (bicyclic) bond motifs is 1. The summed E-state index contributed by atoms with van der Waals surface area (Å²) in [5, 5.41) is 2.53. The second-order valence-electron chi connectivity index (χ2n) is 14.1. The molecule has 0 saturated carbocycles. The second kappa shape index (κ2) is 10.8. The number of nitrogens with zero attached hydrogens (tertiary/aromatic N) is 2. The average molecular weight is 603 g/mol. The molecule has 2 aromatic heterocycles. The van der Waals surface area contributed by atoms with E-state index in [1.54, 1.807) is 0 Å². The first-order chi connectivity index (χ1) is 19.2. The third-order valence-corrected chi connectivity index (χ3v) is 11.9. The van der Waals surface area contributed by atoms with Gasteiger partial charge < -0.3 is 0 Å². The Balaban J connectivity index is 1.58. The van der Waals surface area contributed by atoms with Crippen molar-refractivity contribution in [3.8, 4) is 34.1 Å². The van der Waals surface area contributed by atoms with E-state index in [1.165, 1.54) is 26.3 Å². The number of benzene rings is 3. The molecule has 5 aromatic rings. The first kappa shape index (κ1) is 29.1. The quantitative estimate of drug-likeness (QED) is 0.188. The number of pyridine rings is 2. The van der Waals surface area contributed by atoms with Gasteiger partial charge in [-0.05, 0) is 0 Å². The Bertz CT molecular complexity index is 1720. The molecular formula is C37H42GeN2O. The third-order valence-electron chi connectivity index (χ3n) is 7.61. The van der Waals surface area contributed by atoms with Gasteiger partial charge in [-0.25, -0.2) is 0 Å². The third kappa shape index (κ3) is 6.57. The molecule has 0 spiro atoms. The van der Waals surface area contributed by atoms with Gasteiger partial charge in [-0.1, -0.05) is 0 Å². The Labute approximate surface area is 248 Å². The minimum absolute atomic E-state index is 0.00710. The van der Waals surface area contributed by atoms with E-state index in [-0.39, 0.29) is 10.8 Å². The Morgan fingerprint density at radius 2 is 1.41 bits per heavy atom. The number of hydrogen-bond donors (Lipinski definition) is 0. The van der Waals surface area contributed by atoms with E-state index in [2.05, 4.69) is 137 Å². The van der Waals surface area contributed by atoms with Crippen molar-refractivity contribution >= 4 is 28.4 Å². The number of rotatable bonds is 5. The summed E-state index contributed by atoms with van der Waals surface area (Å²) in [7, 11) is 0. The van der Waals surface area contributed by atoms with Crippen molar-refractivity contribution in [1.82, 2.24) is 9.97 Å². The van der Waals surface area contributed by atoms with Gasteiger partial charge in [0.1, 0.15) is 0 Å². The molecule has 5 rings (SSSR count). The van der Waals surface area contributed by atoms with Crippen molar-refractivity contribution in [3.63, 3.8) is 0 Å². The van der Waals surface area contributed by atoms with E-state index < -0.39 is 13.3 Å². The van der Waals surface area contributed by atoms with Crippen molar-refractivity contribution < 1.29 is 4.74 Å². The molecule has 0 unspecified atom stereocenters. The SMILES string of the molecule is CC(C)(C)c1ccnc(-c2cccc(Oc3c[c]([Ge]([CH3])([CH3])[CH3])cc(-c4cc(C(C)(C)C)c5ccccc5c4)n3)c2)c1. The van der Waals surface area contributed by atoms with Gasteiger partial charge in [-0.3, -0.25) is 0 Å². The molecule has 0 aliphatic heterocycles. The van der Waals surface area contributed by atoms with Crippen LogP contribution in [-0.4, -0.2) is 23.2 Å². The Morgan fingerprint density at radius 3 is 2.12 bits per heavy atom. The molecule has 0 radical (unpaired) electrons. The van der Waals surface area contributed by atoms with Gasteiger partial charge in [0.2, 0.25) is 0 Å². The standard InChI is InChI=1S/C37H42GeN2O/c1-36(2,3)28-17-18-39-33(22-28)26-14-12-15-30(20-26)41-35-24-29(38(7,8)9)23-34(40-35)27-19-25-13-10-11-16-31(25)32(21-27)37(4,5)6/h10-24H,1-9H3. The molecule has 41 heavy (non-hydrogen) atoms. The molecule has 0 bridgehead atoms. The predicted molar refractivity (Wildman–Crippen MR) is 177 cm³/mol. The minimum atomic E-state index is -2.23. The predicted octanol–water partition coefficient (Wildman–Crippen LogP) is 9.90. The first-order valence-electron chi connectivity index (χ1n) is 14.5. The van der Waals surface area contributed by atoms with Crippen LogP contribution in [0.3, 0.4) is 0 Å². The van der Waals surface area contributed by atoms with Gasteiger partial charge >= 0.3 is 249 Å². The fourth-order valence-corrected chi connectivity index (χ4v) is 7.47. The summed E-state index contributed by atoms with van der Waals surface area (Å²) in [5.74, 6) is 8.64. The number of ether oxygens (including phenoxy) is 1. The normalized spacial score (nSPS) is 12.5. The fraction of sp³-hybridized carbons (Fsp3) is 0.297. The van der Waals surface area contributed by atoms with E-state index in [1.807, 2.05) is 18.3 Å². The summed E-state index contributed by atoms with van der Waals surface area (Å²) in [5.41, 5.74) is 6.72. The van der Waals surface area contributed by atoms with Crippen LogP contribution in [0.5, 0.6) is 11.6 Å². The molecule has 0 aliphatic rings. The fourth-order valence-electron chi connectivity index (χ4n) is 5.11. The van der Waals surface area contributed by atoms with E-state index in [4.69, 9.17) is 9.72 Å². The molecule has 2 heterocycles. The van der Waals surface area contributed by atoms with Crippen LogP contribution in [0.4, 0.5) is 0 Å². The van der Waals surface area contributed by atoms with Crippen LogP contribution in [0.1, 0.15) is 52.7 Å². The van der Waals surface area contributed by atoms with Crippen LogP contribution >= 0.6 is 0 Å². The zero-order chi connectivity index (χ0) is 29.6.